The normalized spacial score (nSPS) is 10.5. The Morgan fingerprint density at radius 2 is 2.04 bits per heavy atom. The molecule has 0 aliphatic heterocycles. The van der Waals surface area contributed by atoms with Crippen molar-refractivity contribution in [1.29, 1.82) is 0 Å². The Morgan fingerprint density at radius 1 is 1.35 bits per heavy atom. The van der Waals surface area contributed by atoms with Gasteiger partial charge in [-0.25, -0.2) is 0 Å². The number of carbonyl (C=O) groups is 2. The summed E-state index contributed by atoms with van der Waals surface area (Å²) in [5.74, 6) is -1.16. The number of esters is 1. The SMILES string of the molecule is CCOC(=O)CCNC(=O)c1c(C)n([O-])c2ccccc2[n+]1=O. The molecule has 122 valence electrons. The first-order valence-corrected chi connectivity index (χ1v) is 7.15. The van der Waals surface area contributed by atoms with Crippen LogP contribution in [-0.4, -0.2) is 29.8 Å². The largest absolute Gasteiger partial charge is 0.805 e. The van der Waals surface area contributed by atoms with Crippen molar-refractivity contribution in [3.8, 4) is 0 Å². The molecule has 0 unspecified atom stereocenters. The Labute approximate surface area is 131 Å². The molecule has 8 nitrogen and oxygen atoms in total. The minimum absolute atomic E-state index is 0.00710. The van der Waals surface area contributed by atoms with Crippen molar-refractivity contribution >= 4 is 22.9 Å². The maximum atomic E-state index is 12.4. The van der Waals surface area contributed by atoms with E-state index in [1.54, 1.807) is 19.1 Å². The molecule has 2 aromatic rings. The number of fused-ring (bicyclic) bond motifs is 1. The van der Waals surface area contributed by atoms with E-state index in [0.29, 0.717) is 9.16 Å². The van der Waals surface area contributed by atoms with Crippen molar-refractivity contribution in [2.45, 2.75) is 20.3 Å². The van der Waals surface area contributed by atoms with Crippen molar-refractivity contribution in [2.75, 3.05) is 13.2 Å². The number of amides is 1. The molecule has 0 saturated carbocycles. The standard InChI is InChI=1S/C15H17N3O5/c1-3-23-13(19)8-9-16-15(20)14-10(2)17(21)11-6-4-5-7-12(11)18(14)22/h4-7H,3,8-9H2,1-2H3,(H,16,20). The number of aromatic nitrogens is 2. The minimum atomic E-state index is -0.711. The average Bonchev–Trinajstić information content (AvgIpc) is 2.53. The van der Waals surface area contributed by atoms with E-state index >= 15 is 0 Å². The molecule has 1 aromatic carbocycles. The highest BCUT2D eigenvalue weighted by molar-refractivity contribution is 5.93. The van der Waals surface area contributed by atoms with E-state index in [1.807, 2.05) is 0 Å². The summed E-state index contributed by atoms with van der Waals surface area (Å²) >= 11 is 0. The molecule has 23 heavy (non-hydrogen) atoms. The third-order valence-electron chi connectivity index (χ3n) is 3.30. The lowest BCUT2D eigenvalue weighted by Crippen LogP contribution is -2.37. The van der Waals surface area contributed by atoms with Gasteiger partial charge in [-0.3, -0.25) is 9.59 Å². The van der Waals surface area contributed by atoms with Crippen LogP contribution in [0.3, 0.4) is 0 Å². The van der Waals surface area contributed by atoms with Gasteiger partial charge in [0.2, 0.25) is 0 Å². The smallest absolute Gasteiger partial charge is 0.346 e. The first kappa shape index (κ1) is 16.5. The lowest BCUT2D eigenvalue weighted by atomic mass is 10.2. The second-order valence-electron chi connectivity index (χ2n) is 4.82. The summed E-state index contributed by atoms with van der Waals surface area (Å²) in [6.07, 6.45) is -0.0115. The highest BCUT2D eigenvalue weighted by Gasteiger charge is 2.26. The highest BCUT2D eigenvalue weighted by atomic mass is 16.5. The molecule has 0 atom stereocenters. The van der Waals surface area contributed by atoms with E-state index in [2.05, 4.69) is 5.32 Å². The van der Waals surface area contributed by atoms with Crippen LogP contribution in [0.1, 0.15) is 29.5 Å². The van der Waals surface area contributed by atoms with Gasteiger partial charge in [-0.15, -0.1) is 0 Å². The van der Waals surface area contributed by atoms with Crippen molar-refractivity contribution in [2.24, 2.45) is 0 Å². The third-order valence-corrected chi connectivity index (χ3v) is 3.30. The van der Waals surface area contributed by atoms with Gasteiger partial charge in [-0.05, 0) is 19.9 Å². The number of hydrogen-bond donors (Lipinski definition) is 1. The van der Waals surface area contributed by atoms with Gasteiger partial charge < -0.3 is 20.0 Å². The van der Waals surface area contributed by atoms with Crippen LogP contribution < -0.4 is 9.74 Å². The molecule has 1 aromatic heterocycles. The van der Waals surface area contributed by atoms with Crippen LogP contribution in [0.2, 0.25) is 0 Å². The van der Waals surface area contributed by atoms with Crippen LogP contribution in [-0.2, 0) is 9.53 Å². The first-order valence-electron chi connectivity index (χ1n) is 7.15. The Balaban J connectivity index is 2.27. The van der Waals surface area contributed by atoms with Crippen molar-refractivity contribution in [1.82, 2.24) is 10.0 Å². The predicted octanol–water partition coefficient (Wildman–Crippen LogP) is 0.893. The summed E-state index contributed by atoms with van der Waals surface area (Å²) in [4.78, 5) is 35.8. The topological polar surface area (TPSA) is 106 Å². The quantitative estimate of drug-likeness (QED) is 0.651. The van der Waals surface area contributed by atoms with Gasteiger partial charge in [-0.2, -0.15) is 0 Å². The Kier molecular flexibility index (Phi) is 4.95. The average molecular weight is 319 g/mol. The van der Waals surface area contributed by atoms with Crippen LogP contribution in [0.15, 0.2) is 24.3 Å². The lowest BCUT2D eigenvalue weighted by molar-refractivity contribution is -0.468. The Bertz CT molecular complexity index is 813. The summed E-state index contributed by atoms with van der Waals surface area (Å²) < 4.78 is 5.72. The van der Waals surface area contributed by atoms with Gasteiger partial charge in [-0.1, -0.05) is 12.1 Å². The Morgan fingerprint density at radius 3 is 2.74 bits per heavy atom. The second-order valence-corrected chi connectivity index (χ2v) is 4.82. The van der Waals surface area contributed by atoms with Crippen LogP contribution in [0, 0.1) is 17.0 Å². The summed E-state index contributed by atoms with van der Waals surface area (Å²) in [5, 5.41) is 14.6. The Hall–Kier alpha value is -2.90. The summed E-state index contributed by atoms with van der Waals surface area (Å²) in [6, 6.07) is 6.21. The van der Waals surface area contributed by atoms with Crippen LogP contribution in [0.5, 0.6) is 0 Å². The zero-order chi connectivity index (χ0) is 17.0. The zero-order valence-electron chi connectivity index (χ0n) is 12.9. The van der Waals surface area contributed by atoms with Crippen molar-refractivity contribution in [3.63, 3.8) is 0 Å². The van der Waals surface area contributed by atoms with E-state index in [0.717, 1.165) is 0 Å². The van der Waals surface area contributed by atoms with Gasteiger partial charge >= 0.3 is 17.6 Å². The fourth-order valence-corrected chi connectivity index (χ4v) is 2.20. The van der Waals surface area contributed by atoms with Crippen molar-refractivity contribution in [3.05, 3.63) is 45.8 Å². The number of rotatable bonds is 5. The van der Waals surface area contributed by atoms with Crippen LogP contribution in [0.4, 0.5) is 0 Å². The van der Waals surface area contributed by atoms with Gasteiger partial charge in [0.25, 0.3) is 5.52 Å². The number of carbonyl (C=O) groups excluding carboxylic acids is 2. The monoisotopic (exact) mass is 319 g/mol. The molecule has 0 bridgehead atoms. The van der Waals surface area contributed by atoms with E-state index in [-0.39, 0.29) is 42.0 Å². The molecular weight excluding hydrogens is 302 g/mol. The van der Waals surface area contributed by atoms with Gasteiger partial charge in [0, 0.05) is 17.5 Å². The van der Waals surface area contributed by atoms with Gasteiger partial charge in [0.05, 0.1) is 23.1 Å². The molecular formula is C15H17N3O5. The molecule has 0 radical (unpaired) electrons. The fraction of sp³-hybridized carbons (Fsp3) is 0.333. The molecule has 1 N–H and O–H groups in total. The van der Waals surface area contributed by atoms with Gasteiger partial charge in [0.1, 0.15) is 5.52 Å². The minimum Gasteiger partial charge on any atom is -0.805 e. The number of para-hydroxylation sites is 2. The molecule has 0 fully saturated rings. The summed E-state index contributed by atoms with van der Waals surface area (Å²) in [5.41, 5.74) is -0.0124. The molecule has 0 aliphatic carbocycles. The molecule has 1 heterocycles. The van der Waals surface area contributed by atoms with E-state index in [9.17, 15) is 19.7 Å². The summed E-state index contributed by atoms with van der Waals surface area (Å²) in [6.45, 7) is 3.35. The molecule has 8 heteroatoms. The lowest BCUT2D eigenvalue weighted by Gasteiger charge is -2.16. The number of ether oxygens (including phenoxy) is 1. The maximum absolute atomic E-state index is 12.4. The van der Waals surface area contributed by atoms with E-state index in [4.69, 9.17) is 4.74 Å². The van der Waals surface area contributed by atoms with E-state index < -0.39 is 11.9 Å². The number of benzene rings is 1. The fourth-order valence-electron chi connectivity index (χ4n) is 2.20. The number of hydrogen-bond acceptors (Lipinski definition) is 5. The van der Waals surface area contributed by atoms with Crippen LogP contribution >= 0.6 is 0 Å². The van der Waals surface area contributed by atoms with Crippen molar-refractivity contribution < 1.29 is 18.8 Å². The molecule has 1 amide bonds. The number of nitrogens with one attached hydrogen (secondary N) is 1. The van der Waals surface area contributed by atoms with Crippen LogP contribution in [0.25, 0.3) is 11.0 Å². The molecule has 0 aliphatic rings. The first-order chi connectivity index (χ1) is 11.0. The molecule has 0 saturated heterocycles. The zero-order valence-corrected chi connectivity index (χ0v) is 12.9. The van der Waals surface area contributed by atoms with E-state index in [1.165, 1.54) is 19.1 Å². The second kappa shape index (κ2) is 6.91. The molecule has 0 spiro atoms. The third kappa shape index (κ3) is 3.31. The molecule has 2 rings (SSSR count). The predicted molar refractivity (Wildman–Crippen MR) is 82.4 cm³/mol. The highest BCUT2D eigenvalue weighted by Crippen LogP contribution is 2.13. The maximum Gasteiger partial charge on any atom is 0.346 e. The van der Waals surface area contributed by atoms with Gasteiger partial charge in [0.15, 0.2) is 0 Å². The number of nitrogens with zero attached hydrogens (tertiary/aromatic N) is 2. The summed E-state index contributed by atoms with van der Waals surface area (Å²) in [7, 11) is 0.